The number of carbonyl (C=O) groups is 3. The van der Waals surface area contributed by atoms with Crippen LogP contribution in [-0.2, 0) is 14.4 Å². The number of rotatable bonds is 7. The fraction of sp³-hybridized carbons (Fsp3) is 0.533. The molecule has 25 heavy (non-hydrogen) atoms. The first kappa shape index (κ1) is 19.4. The summed E-state index contributed by atoms with van der Waals surface area (Å²) in [6.45, 7) is -0.0247. The highest BCUT2D eigenvalue weighted by molar-refractivity contribution is 8.00. The third-order valence-electron chi connectivity index (χ3n) is 4.48. The quantitative estimate of drug-likeness (QED) is 0.300. The number of nitrogens with two attached hydrogens (primary N) is 2. The van der Waals surface area contributed by atoms with Crippen molar-refractivity contribution in [1.29, 1.82) is 0 Å². The number of hydrogen-bond donors (Lipinski definition) is 4. The average molecular weight is 371 g/mol. The molecule has 9 nitrogen and oxygen atoms in total. The standard InChI is InChI=1S/C15H22N4O5S/c1-19(2,9(6-20)12(17)21)5-3-4-8-7-25-14-10(16)13(22)18(14)11(8)15(23)24/h3-4,9-10,14,20H,5-7,16H2,1-2H3,(H2-,17,21,23,24)/p+1/t9-,10-,14+/m1/s1. The van der Waals surface area contributed by atoms with Gasteiger partial charge in [0.25, 0.3) is 5.91 Å². The Balaban J connectivity index is 2.20. The molecule has 1 fully saturated rings. The minimum absolute atomic E-state index is 0.0504. The van der Waals surface area contributed by atoms with Crippen molar-refractivity contribution in [3.63, 3.8) is 0 Å². The van der Waals surface area contributed by atoms with E-state index in [-0.39, 0.29) is 22.2 Å². The van der Waals surface area contributed by atoms with Crippen LogP contribution in [0.1, 0.15) is 0 Å². The zero-order valence-corrected chi connectivity index (χ0v) is 14.9. The maximum Gasteiger partial charge on any atom is 0.352 e. The molecule has 2 aliphatic rings. The second-order valence-corrected chi connectivity index (χ2v) is 7.68. The van der Waals surface area contributed by atoms with Crippen LogP contribution >= 0.6 is 11.8 Å². The van der Waals surface area contributed by atoms with E-state index in [1.807, 2.05) is 0 Å². The van der Waals surface area contributed by atoms with Crippen molar-refractivity contribution in [2.24, 2.45) is 11.5 Å². The molecular formula is C15H23N4O5S+. The molecule has 2 amide bonds. The molecule has 0 bridgehead atoms. The highest BCUT2D eigenvalue weighted by Gasteiger charge is 2.51. The van der Waals surface area contributed by atoms with Gasteiger partial charge in [-0.05, 0) is 11.6 Å². The molecule has 0 aliphatic carbocycles. The number of aliphatic hydroxyl groups is 1. The van der Waals surface area contributed by atoms with E-state index in [2.05, 4.69) is 0 Å². The summed E-state index contributed by atoms with van der Waals surface area (Å²) in [4.78, 5) is 36.1. The topological polar surface area (TPSA) is 147 Å². The number of thioether (sulfide) groups is 1. The number of amides is 2. The van der Waals surface area contributed by atoms with Crippen molar-refractivity contribution in [1.82, 2.24) is 4.90 Å². The first-order valence-corrected chi connectivity index (χ1v) is 8.72. The molecule has 6 N–H and O–H groups in total. The van der Waals surface area contributed by atoms with Crippen LogP contribution in [0.2, 0.25) is 0 Å². The second-order valence-electron chi connectivity index (χ2n) is 6.58. The van der Waals surface area contributed by atoms with E-state index in [9.17, 15) is 24.6 Å². The number of carboxylic acids is 1. The summed E-state index contributed by atoms with van der Waals surface area (Å²) in [6, 6.07) is -1.43. The van der Waals surface area contributed by atoms with Gasteiger partial charge in [0, 0.05) is 5.75 Å². The predicted molar refractivity (Wildman–Crippen MR) is 91.9 cm³/mol. The summed E-state index contributed by atoms with van der Waals surface area (Å²) >= 11 is 1.42. The molecule has 0 aromatic rings. The molecule has 2 heterocycles. The van der Waals surface area contributed by atoms with Crippen LogP contribution in [0.5, 0.6) is 0 Å². The summed E-state index contributed by atoms with van der Waals surface area (Å²) in [5.74, 6) is -1.76. The van der Waals surface area contributed by atoms with Crippen molar-refractivity contribution < 1.29 is 29.1 Å². The van der Waals surface area contributed by atoms with Crippen LogP contribution in [0.25, 0.3) is 0 Å². The molecule has 10 heteroatoms. The summed E-state index contributed by atoms with van der Waals surface area (Å²) in [5, 5.41) is 18.5. The number of likely N-dealkylation sites (N-methyl/N-ethyl adjacent to an activating group) is 1. The first-order valence-electron chi connectivity index (χ1n) is 7.68. The first-order chi connectivity index (χ1) is 11.6. The molecule has 0 aromatic heterocycles. The maximum absolute atomic E-state index is 11.9. The van der Waals surface area contributed by atoms with Crippen LogP contribution in [0, 0.1) is 0 Å². The van der Waals surface area contributed by atoms with E-state index >= 15 is 0 Å². The van der Waals surface area contributed by atoms with Crippen molar-refractivity contribution in [3.8, 4) is 0 Å². The average Bonchev–Trinajstić information content (AvgIpc) is 2.52. The van der Waals surface area contributed by atoms with E-state index in [0.717, 1.165) is 0 Å². The smallest absolute Gasteiger partial charge is 0.352 e. The number of allylic oxidation sites excluding steroid dienone is 1. The number of β-lactam (4-membered cyclic amide) rings is 1. The molecular weight excluding hydrogens is 348 g/mol. The van der Waals surface area contributed by atoms with Gasteiger partial charge in [-0.3, -0.25) is 14.5 Å². The van der Waals surface area contributed by atoms with E-state index in [4.69, 9.17) is 11.5 Å². The normalized spacial score (nSPS) is 25.0. The largest absolute Gasteiger partial charge is 0.477 e. The van der Waals surface area contributed by atoms with Crippen LogP contribution in [0.3, 0.4) is 0 Å². The monoisotopic (exact) mass is 371 g/mol. The summed E-state index contributed by atoms with van der Waals surface area (Å²) < 4.78 is 0.126. The Hall–Kier alpha value is -1.88. The minimum atomic E-state index is -1.18. The number of aliphatic hydroxyl groups excluding tert-OH is 1. The van der Waals surface area contributed by atoms with Gasteiger partial charge in [-0.25, -0.2) is 4.79 Å². The number of carboxylic acid groups (broad SMARTS) is 1. The van der Waals surface area contributed by atoms with Crippen molar-refractivity contribution >= 4 is 29.5 Å². The number of primary amides is 1. The molecule has 2 rings (SSSR count). The lowest BCUT2D eigenvalue weighted by Crippen LogP contribution is -2.68. The molecule has 2 aliphatic heterocycles. The van der Waals surface area contributed by atoms with Gasteiger partial charge in [0.2, 0.25) is 5.91 Å². The minimum Gasteiger partial charge on any atom is -0.477 e. The summed E-state index contributed by atoms with van der Waals surface area (Å²) in [5.41, 5.74) is 11.5. The highest BCUT2D eigenvalue weighted by atomic mass is 32.2. The Morgan fingerprint density at radius 2 is 2.12 bits per heavy atom. The van der Waals surface area contributed by atoms with Gasteiger partial charge in [0.1, 0.15) is 23.7 Å². The third kappa shape index (κ3) is 3.56. The summed E-state index contributed by atoms with van der Waals surface area (Å²) in [7, 11) is 3.48. The van der Waals surface area contributed by atoms with Crippen molar-refractivity contribution in [2.45, 2.75) is 17.5 Å². The number of nitrogens with zero attached hydrogens (tertiary/aromatic N) is 2. The molecule has 0 saturated carbocycles. The molecule has 0 unspecified atom stereocenters. The van der Waals surface area contributed by atoms with Gasteiger partial charge in [-0.1, -0.05) is 6.08 Å². The van der Waals surface area contributed by atoms with Crippen LogP contribution < -0.4 is 11.5 Å². The number of carbonyl (C=O) groups excluding carboxylic acids is 2. The van der Waals surface area contributed by atoms with Crippen molar-refractivity contribution in [3.05, 3.63) is 23.4 Å². The Morgan fingerprint density at radius 1 is 1.48 bits per heavy atom. The Morgan fingerprint density at radius 3 is 2.64 bits per heavy atom. The fourth-order valence-electron chi connectivity index (χ4n) is 2.92. The summed E-state index contributed by atoms with van der Waals surface area (Å²) in [6.07, 6.45) is 3.36. The van der Waals surface area contributed by atoms with E-state index in [1.165, 1.54) is 16.7 Å². The third-order valence-corrected chi connectivity index (χ3v) is 5.80. The van der Waals surface area contributed by atoms with Gasteiger partial charge in [0.05, 0.1) is 20.6 Å². The fourth-order valence-corrected chi connectivity index (χ4v) is 4.18. The lowest BCUT2D eigenvalue weighted by Gasteiger charge is -2.47. The van der Waals surface area contributed by atoms with Crippen LogP contribution in [0.4, 0.5) is 0 Å². The predicted octanol–water partition coefficient (Wildman–Crippen LogP) is -1.95. The molecule has 138 valence electrons. The Bertz CT molecular complexity index is 660. The van der Waals surface area contributed by atoms with E-state index < -0.39 is 29.9 Å². The van der Waals surface area contributed by atoms with E-state index in [0.29, 0.717) is 17.9 Å². The van der Waals surface area contributed by atoms with Gasteiger partial charge < -0.3 is 26.2 Å². The van der Waals surface area contributed by atoms with Crippen LogP contribution in [0.15, 0.2) is 23.4 Å². The lowest BCUT2D eigenvalue weighted by molar-refractivity contribution is -0.900. The lowest BCUT2D eigenvalue weighted by atomic mass is 10.0. The second kappa shape index (κ2) is 7.16. The van der Waals surface area contributed by atoms with Crippen molar-refractivity contribution in [2.75, 3.05) is 33.0 Å². The maximum atomic E-state index is 11.9. The molecule has 3 atom stereocenters. The molecule has 0 spiro atoms. The number of fused-ring (bicyclic) bond motifs is 1. The van der Waals surface area contributed by atoms with E-state index in [1.54, 1.807) is 26.2 Å². The van der Waals surface area contributed by atoms with Gasteiger partial charge >= 0.3 is 5.97 Å². The van der Waals surface area contributed by atoms with Gasteiger partial charge in [0.15, 0.2) is 6.04 Å². The number of aliphatic carboxylic acids is 1. The highest BCUT2D eigenvalue weighted by Crippen LogP contribution is 2.39. The number of quaternary nitrogens is 1. The zero-order chi connectivity index (χ0) is 18.9. The molecule has 0 aromatic carbocycles. The SMILES string of the molecule is C[N+](C)(CC=CC1=C(C(=O)O)N2C(=O)[C@@H](N)[C@@H]2SC1)[C@H](CO)C(N)=O. The molecule has 0 radical (unpaired) electrons. The number of hydrogen-bond acceptors (Lipinski definition) is 6. The van der Waals surface area contributed by atoms with Crippen LogP contribution in [-0.4, -0.2) is 87.8 Å². The Kier molecular flexibility index (Phi) is 5.57. The van der Waals surface area contributed by atoms with Gasteiger partial charge in [-0.15, -0.1) is 11.8 Å². The molecule has 1 saturated heterocycles. The zero-order valence-electron chi connectivity index (χ0n) is 14.1. The Labute approximate surface area is 149 Å². The van der Waals surface area contributed by atoms with Gasteiger partial charge in [-0.2, -0.15) is 0 Å².